The van der Waals surface area contributed by atoms with Crippen molar-refractivity contribution in [2.75, 3.05) is 30.4 Å². The molecule has 7 nitrogen and oxygen atoms in total. The van der Waals surface area contributed by atoms with E-state index in [2.05, 4.69) is 27.9 Å². The van der Waals surface area contributed by atoms with Crippen molar-refractivity contribution in [2.45, 2.75) is 11.8 Å². The van der Waals surface area contributed by atoms with Crippen molar-refractivity contribution in [3.8, 4) is 11.5 Å². The van der Waals surface area contributed by atoms with Gasteiger partial charge >= 0.3 is 0 Å². The van der Waals surface area contributed by atoms with E-state index in [4.69, 9.17) is 21.1 Å². The van der Waals surface area contributed by atoms with Gasteiger partial charge in [0.15, 0.2) is 11.5 Å². The third-order valence-electron chi connectivity index (χ3n) is 4.88. The Kier molecular flexibility index (Phi) is 8.26. The highest BCUT2D eigenvalue weighted by atomic mass is 127. The van der Waals surface area contributed by atoms with E-state index in [0.717, 1.165) is 25.6 Å². The Labute approximate surface area is 216 Å². The van der Waals surface area contributed by atoms with Gasteiger partial charge < -0.3 is 14.8 Å². The molecule has 0 spiro atoms. The fourth-order valence-electron chi connectivity index (χ4n) is 3.15. The van der Waals surface area contributed by atoms with Crippen LogP contribution in [0.3, 0.4) is 0 Å². The molecule has 0 unspecified atom stereocenters. The number of rotatable bonds is 8. The molecular weight excluding hydrogens is 598 g/mol. The van der Waals surface area contributed by atoms with Crippen LogP contribution < -0.4 is 19.1 Å². The standard InChI is InChI=1S/C23H21ClFIN2O5S/c1-14-10-15(26)4-8-20(14)27-23(29)13-28(16-5-7-19(25)18(24)11-16)34(30,31)17-6-9-21(32-2)22(12-17)33-3/h4-12H,13H2,1-3H3,(H,27,29). The predicted molar refractivity (Wildman–Crippen MR) is 138 cm³/mol. The molecular formula is C23H21ClFIN2O5S. The van der Waals surface area contributed by atoms with Crippen LogP contribution in [0.25, 0.3) is 0 Å². The molecule has 0 atom stereocenters. The number of anilines is 2. The van der Waals surface area contributed by atoms with Gasteiger partial charge in [0.2, 0.25) is 5.91 Å². The van der Waals surface area contributed by atoms with Gasteiger partial charge in [0.25, 0.3) is 10.0 Å². The lowest BCUT2D eigenvalue weighted by Gasteiger charge is -2.25. The Bertz CT molecular complexity index is 1340. The van der Waals surface area contributed by atoms with Crippen molar-refractivity contribution in [2.24, 2.45) is 0 Å². The van der Waals surface area contributed by atoms with E-state index in [9.17, 15) is 17.6 Å². The number of ether oxygens (including phenoxy) is 2. The van der Waals surface area contributed by atoms with Crippen LogP contribution >= 0.6 is 34.2 Å². The number of benzene rings is 3. The highest BCUT2D eigenvalue weighted by Crippen LogP contribution is 2.33. The van der Waals surface area contributed by atoms with Crippen molar-refractivity contribution in [3.63, 3.8) is 0 Å². The number of carbonyl (C=O) groups excluding carboxylic acids is 1. The minimum absolute atomic E-state index is 0.0238. The summed E-state index contributed by atoms with van der Waals surface area (Å²) in [4.78, 5) is 12.8. The zero-order valence-electron chi connectivity index (χ0n) is 18.4. The van der Waals surface area contributed by atoms with Gasteiger partial charge in [0.05, 0.1) is 29.8 Å². The molecule has 0 fully saturated rings. The summed E-state index contributed by atoms with van der Waals surface area (Å²) in [5.41, 5.74) is 1.39. The van der Waals surface area contributed by atoms with Crippen molar-refractivity contribution >= 4 is 61.5 Å². The molecule has 180 valence electrons. The first-order valence-electron chi connectivity index (χ1n) is 9.82. The van der Waals surface area contributed by atoms with Gasteiger partial charge in [0.1, 0.15) is 12.4 Å². The number of hydrogen-bond donors (Lipinski definition) is 1. The zero-order valence-corrected chi connectivity index (χ0v) is 22.2. The van der Waals surface area contributed by atoms with Crippen molar-refractivity contribution in [3.05, 3.63) is 74.6 Å². The lowest BCUT2D eigenvalue weighted by molar-refractivity contribution is -0.114. The average Bonchev–Trinajstić information content (AvgIpc) is 2.80. The number of carbonyl (C=O) groups is 1. The summed E-state index contributed by atoms with van der Waals surface area (Å²) in [5.74, 6) is -0.772. The average molecular weight is 619 g/mol. The lowest BCUT2D eigenvalue weighted by Crippen LogP contribution is -2.38. The maximum absolute atomic E-state index is 13.8. The quantitative estimate of drug-likeness (QED) is 0.349. The first-order chi connectivity index (χ1) is 16.1. The molecule has 0 radical (unpaired) electrons. The summed E-state index contributed by atoms with van der Waals surface area (Å²) < 4.78 is 53.2. The van der Waals surface area contributed by atoms with Gasteiger partial charge in [-0.3, -0.25) is 9.10 Å². The SMILES string of the molecule is COc1ccc(S(=O)(=O)N(CC(=O)Nc2ccc(I)cc2C)c2ccc(F)c(Cl)c2)cc1OC. The molecule has 0 aromatic heterocycles. The van der Waals surface area contributed by atoms with Gasteiger partial charge in [-0.1, -0.05) is 11.6 Å². The molecule has 3 aromatic rings. The smallest absolute Gasteiger partial charge is 0.264 e. The summed E-state index contributed by atoms with van der Waals surface area (Å²) in [6.45, 7) is 1.25. The third-order valence-corrected chi connectivity index (χ3v) is 7.61. The second-order valence-corrected chi connectivity index (χ2v) is 10.6. The molecule has 1 amide bonds. The Morgan fingerprint density at radius 2 is 1.76 bits per heavy atom. The molecule has 0 bridgehead atoms. The molecule has 3 rings (SSSR count). The number of methoxy groups -OCH3 is 2. The first kappa shape index (κ1) is 26.0. The lowest BCUT2D eigenvalue weighted by atomic mass is 10.2. The summed E-state index contributed by atoms with van der Waals surface area (Å²) in [6, 6.07) is 12.9. The second kappa shape index (κ2) is 10.8. The normalized spacial score (nSPS) is 11.1. The number of nitrogens with zero attached hydrogens (tertiary/aromatic N) is 1. The molecule has 0 aliphatic carbocycles. The van der Waals surface area contributed by atoms with Crippen LogP contribution in [0.4, 0.5) is 15.8 Å². The first-order valence-corrected chi connectivity index (χ1v) is 12.7. The van der Waals surface area contributed by atoms with Gasteiger partial charge in [-0.2, -0.15) is 0 Å². The maximum atomic E-state index is 13.8. The highest BCUT2D eigenvalue weighted by Gasteiger charge is 2.29. The van der Waals surface area contributed by atoms with E-state index in [1.165, 1.54) is 38.5 Å². The fraction of sp³-hybridized carbons (Fsp3) is 0.174. The molecule has 0 aliphatic heterocycles. The van der Waals surface area contributed by atoms with Crippen molar-refractivity contribution < 1.29 is 27.1 Å². The maximum Gasteiger partial charge on any atom is 0.264 e. The zero-order chi connectivity index (χ0) is 25.0. The second-order valence-electron chi connectivity index (χ2n) is 7.13. The fourth-order valence-corrected chi connectivity index (χ4v) is 5.40. The third kappa shape index (κ3) is 5.73. The van der Waals surface area contributed by atoms with Crippen LogP contribution in [0.5, 0.6) is 11.5 Å². The Morgan fingerprint density at radius 1 is 1.06 bits per heavy atom. The van der Waals surface area contributed by atoms with Crippen LogP contribution in [-0.4, -0.2) is 35.1 Å². The van der Waals surface area contributed by atoms with Crippen LogP contribution in [0.2, 0.25) is 5.02 Å². The number of hydrogen-bond acceptors (Lipinski definition) is 5. The Hall–Kier alpha value is -2.57. The van der Waals surface area contributed by atoms with Crippen LogP contribution in [-0.2, 0) is 14.8 Å². The predicted octanol–water partition coefficient (Wildman–Crippen LogP) is 5.24. The van der Waals surface area contributed by atoms with E-state index in [0.29, 0.717) is 11.4 Å². The number of amides is 1. The van der Waals surface area contributed by atoms with E-state index in [1.807, 2.05) is 19.1 Å². The van der Waals surface area contributed by atoms with Gasteiger partial charge in [0, 0.05) is 15.3 Å². The highest BCUT2D eigenvalue weighted by molar-refractivity contribution is 14.1. The van der Waals surface area contributed by atoms with E-state index >= 15 is 0 Å². The summed E-state index contributed by atoms with van der Waals surface area (Å²) in [5, 5.41) is 2.45. The van der Waals surface area contributed by atoms with Crippen LogP contribution in [0, 0.1) is 16.3 Å². The Morgan fingerprint density at radius 3 is 2.38 bits per heavy atom. The summed E-state index contributed by atoms with van der Waals surface area (Å²) in [7, 11) is -1.49. The molecule has 34 heavy (non-hydrogen) atoms. The number of sulfonamides is 1. The molecule has 0 saturated carbocycles. The summed E-state index contributed by atoms with van der Waals surface area (Å²) >= 11 is 8.06. The topological polar surface area (TPSA) is 84.9 Å². The number of nitrogens with one attached hydrogen (secondary N) is 1. The van der Waals surface area contributed by atoms with E-state index in [1.54, 1.807) is 6.07 Å². The Balaban J connectivity index is 2.03. The summed E-state index contributed by atoms with van der Waals surface area (Å²) in [6.07, 6.45) is 0. The van der Waals surface area contributed by atoms with Crippen LogP contribution in [0.15, 0.2) is 59.5 Å². The number of halogens is 3. The molecule has 11 heteroatoms. The molecule has 0 heterocycles. The molecule has 0 aliphatic rings. The minimum atomic E-state index is -4.29. The van der Waals surface area contributed by atoms with Crippen molar-refractivity contribution in [1.82, 2.24) is 0 Å². The van der Waals surface area contributed by atoms with Crippen LogP contribution in [0.1, 0.15) is 5.56 Å². The largest absolute Gasteiger partial charge is 0.493 e. The molecule has 1 N–H and O–H groups in total. The van der Waals surface area contributed by atoms with Gasteiger partial charge in [-0.05, 0) is 83.6 Å². The monoisotopic (exact) mass is 618 g/mol. The van der Waals surface area contributed by atoms with E-state index in [-0.39, 0.29) is 21.4 Å². The van der Waals surface area contributed by atoms with E-state index < -0.39 is 28.3 Å². The molecule has 3 aromatic carbocycles. The minimum Gasteiger partial charge on any atom is -0.493 e. The molecule has 0 saturated heterocycles. The van der Waals surface area contributed by atoms with Crippen molar-refractivity contribution in [1.29, 1.82) is 0 Å². The van der Waals surface area contributed by atoms with Gasteiger partial charge in [-0.25, -0.2) is 12.8 Å². The number of aryl methyl sites for hydroxylation is 1. The van der Waals surface area contributed by atoms with Gasteiger partial charge in [-0.15, -0.1) is 0 Å².